The van der Waals surface area contributed by atoms with E-state index in [-0.39, 0.29) is 18.9 Å². The summed E-state index contributed by atoms with van der Waals surface area (Å²) in [7, 11) is 3.27. The first-order valence-electron chi connectivity index (χ1n) is 20.5. The number of ether oxygens (including phenoxy) is 5. The predicted octanol–water partition coefficient (Wildman–Crippen LogP) is 8.00. The zero-order chi connectivity index (χ0) is 43.0. The van der Waals surface area contributed by atoms with Crippen molar-refractivity contribution in [3.05, 3.63) is 155 Å². The molecule has 3 N–H and O–H groups in total. The number of aliphatic carboxylic acids is 1. The van der Waals surface area contributed by atoms with Gasteiger partial charge in [-0.1, -0.05) is 116 Å². The molecule has 0 spiro atoms. The number of carboxylic acid groups (broad SMARTS) is 1. The van der Waals surface area contributed by atoms with E-state index < -0.39 is 48.6 Å². The highest BCUT2D eigenvalue weighted by Crippen LogP contribution is 2.45. The van der Waals surface area contributed by atoms with Gasteiger partial charge in [-0.05, 0) is 76.1 Å². The first kappa shape index (κ1) is 43.9. The van der Waals surface area contributed by atoms with Gasteiger partial charge in [-0.3, -0.25) is 14.4 Å². The van der Waals surface area contributed by atoms with Crippen LogP contribution in [0.15, 0.2) is 127 Å². The minimum atomic E-state index is -1.26. The number of amides is 2. The van der Waals surface area contributed by atoms with Crippen LogP contribution in [-0.4, -0.2) is 75.7 Å². The summed E-state index contributed by atoms with van der Waals surface area (Å²) in [5.74, 6) is -1.22. The largest absolute Gasteiger partial charge is 0.497 e. The van der Waals surface area contributed by atoms with E-state index in [9.17, 15) is 19.2 Å². The van der Waals surface area contributed by atoms with Gasteiger partial charge < -0.3 is 39.4 Å². The number of unbranched alkanes of at least 4 members (excludes halogenated alkanes) is 3. The van der Waals surface area contributed by atoms with E-state index in [0.29, 0.717) is 19.6 Å². The summed E-state index contributed by atoms with van der Waals surface area (Å²) in [6.07, 6.45) is 1.34. The molecule has 5 aromatic carbocycles. The van der Waals surface area contributed by atoms with Crippen LogP contribution in [0.25, 0.3) is 11.1 Å². The summed E-state index contributed by atoms with van der Waals surface area (Å²) < 4.78 is 28.7. The molecule has 6 rings (SSSR count). The Labute approximate surface area is 356 Å². The summed E-state index contributed by atoms with van der Waals surface area (Å²) in [6, 6.07) is 40.5. The number of benzene rings is 5. The Bertz CT molecular complexity index is 2130. The first-order valence-corrected chi connectivity index (χ1v) is 20.5. The number of methoxy groups -OCH3 is 2. The van der Waals surface area contributed by atoms with Crippen LogP contribution in [0, 0.1) is 0 Å². The normalized spacial score (nSPS) is 12.4. The molecule has 2 amide bonds. The molecule has 1 aliphatic rings. The average Bonchev–Trinajstić information content (AvgIpc) is 3.62. The maximum atomic E-state index is 13.4. The zero-order valence-corrected chi connectivity index (χ0v) is 34.5. The van der Waals surface area contributed by atoms with Crippen LogP contribution in [-0.2, 0) is 34.2 Å². The number of rotatable bonds is 22. The molecular formula is C49H52N2O10. The van der Waals surface area contributed by atoms with Crippen LogP contribution in [0.5, 0.6) is 11.5 Å². The third kappa shape index (κ3) is 11.1. The summed E-state index contributed by atoms with van der Waals surface area (Å²) in [4.78, 5) is 49.7. The van der Waals surface area contributed by atoms with E-state index in [1.165, 1.54) is 0 Å². The lowest BCUT2D eigenvalue weighted by Crippen LogP contribution is -2.50. The lowest BCUT2D eigenvalue weighted by atomic mass is 9.80. The number of nitrogens with one attached hydrogen (secondary N) is 2. The van der Waals surface area contributed by atoms with Crippen molar-refractivity contribution in [2.45, 2.75) is 56.1 Å². The van der Waals surface area contributed by atoms with Gasteiger partial charge in [0.25, 0.3) is 0 Å². The van der Waals surface area contributed by atoms with E-state index in [2.05, 4.69) is 22.8 Å². The number of hydrogen-bond donors (Lipinski definition) is 3. The highest BCUT2D eigenvalue weighted by atomic mass is 16.6. The Balaban J connectivity index is 1.03. The van der Waals surface area contributed by atoms with Crippen molar-refractivity contribution in [3.63, 3.8) is 0 Å². The smallest absolute Gasteiger partial charge is 0.407 e. The molecule has 1 aliphatic carbocycles. The zero-order valence-electron chi connectivity index (χ0n) is 34.5. The fourth-order valence-corrected chi connectivity index (χ4v) is 7.64. The van der Waals surface area contributed by atoms with E-state index in [4.69, 9.17) is 28.8 Å². The van der Waals surface area contributed by atoms with Crippen LogP contribution in [0.1, 0.15) is 72.3 Å². The summed E-state index contributed by atoms with van der Waals surface area (Å²) in [6.45, 7) is 0.292. The molecule has 61 heavy (non-hydrogen) atoms. The van der Waals surface area contributed by atoms with E-state index in [0.717, 1.165) is 69.7 Å². The highest BCUT2D eigenvalue weighted by molar-refractivity contribution is 5.86. The number of fused-ring (bicyclic) bond motifs is 3. The quantitative estimate of drug-likeness (QED) is 0.0355. The Morgan fingerprint density at radius 3 is 1.75 bits per heavy atom. The van der Waals surface area contributed by atoms with Gasteiger partial charge in [0, 0.05) is 19.1 Å². The van der Waals surface area contributed by atoms with Gasteiger partial charge in [-0.2, -0.15) is 0 Å². The fourth-order valence-electron chi connectivity index (χ4n) is 7.64. The van der Waals surface area contributed by atoms with Crippen molar-refractivity contribution < 1.29 is 48.0 Å². The monoisotopic (exact) mass is 828 g/mol. The third-order valence-electron chi connectivity index (χ3n) is 10.8. The van der Waals surface area contributed by atoms with Crippen LogP contribution in [0.4, 0.5) is 4.79 Å². The minimum Gasteiger partial charge on any atom is -0.497 e. The minimum absolute atomic E-state index is 0.0307. The van der Waals surface area contributed by atoms with Crippen molar-refractivity contribution >= 4 is 23.9 Å². The van der Waals surface area contributed by atoms with E-state index in [1.54, 1.807) is 14.2 Å². The maximum absolute atomic E-state index is 13.4. The summed E-state index contributed by atoms with van der Waals surface area (Å²) in [5.41, 5.74) is 6.17. The molecule has 0 aromatic heterocycles. The van der Waals surface area contributed by atoms with Gasteiger partial charge >= 0.3 is 18.0 Å². The van der Waals surface area contributed by atoms with E-state index >= 15 is 0 Å². The number of carbonyl (C=O) groups excluding carboxylic acids is 3. The molecule has 0 fully saturated rings. The SMILES string of the molecule is COc1ccc(C(OCCCCCCNC(=O)[C@H](COC(=O)CCC(=O)O)NC(=O)OCC2c3ccccc3-c3ccccc32)(c2ccccc2)c2ccc(OC)cc2)cc1. The molecular weight excluding hydrogens is 777 g/mol. The van der Waals surface area contributed by atoms with E-state index in [1.807, 2.05) is 115 Å². The van der Waals surface area contributed by atoms with Gasteiger partial charge in [0.05, 0.1) is 27.1 Å². The van der Waals surface area contributed by atoms with Crippen molar-refractivity contribution in [3.8, 4) is 22.6 Å². The topological polar surface area (TPSA) is 159 Å². The predicted molar refractivity (Wildman–Crippen MR) is 230 cm³/mol. The van der Waals surface area contributed by atoms with Gasteiger partial charge in [-0.25, -0.2) is 4.79 Å². The van der Waals surface area contributed by atoms with Crippen LogP contribution in [0.2, 0.25) is 0 Å². The van der Waals surface area contributed by atoms with Crippen molar-refractivity contribution in [2.24, 2.45) is 0 Å². The molecule has 0 radical (unpaired) electrons. The highest BCUT2D eigenvalue weighted by Gasteiger charge is 2.38. The van der Waals surface area contributed by atoms with Crippen LogP contribution in [0.3, 0.4) is 0 Å². The maximum Gasteiger partial charge on any atom is 0.407 e. The molecule has 12 heteroatoms. The lowest BCUT2D eigenvalue weighted by Gasteiger charge is -2.36. The van der Waals surface area contributed by atoms with Gasteiger partial charge in [-0.15, -0.1) is 0 Å². The van der Waals surface area contributed by atoms with Crippen molar-refractivity contribution in [1.82, 2.24) is 10.6 Å². The molecule has 5 aromatic rings. The molecule has 0 saturated heterocycles. The standard InChI is InChI=1S/C49H52N2O10/c1-57-37-24-20-35(21-25-37)49(34-14-6-5-7-15-34,36-22-26-38(58-2)27-23-36)61-31-13-4-3-12-30-50-47(55)44(33-59-46(54)29-28-45(52)53)51-48(56)60-32-43-41-18-10-8-16-39(41)40-17-9-11-19-42(40)43/h5-11,14-27,43-44H,3-4,12-13,28-33H2,1-2H3,(H,50,55)(H,51,56)(H,52,53)/t44-/m0/s1. The van der Waals surface area contributed by atoms with Gasteiger partial charge in [0.15, 0.2) is 0 Å². The lowest BCUT2D eigenvalue weighted by molar-refractivity contribution is -0.149. The Morgan fingerprint density at radius 2 is 1.18 bits per heavy atom. The van der Waals surface area contributed by atoms with Crippen molar-refractivity contribution in [1.29, 1.82) is 0 Å². The second-order valence-electron chi connectivity index (χ2n) is 14.7. The number of hydrogen-bond acceptors (Lipinski definition) is 9. The van der Waals surface area contributed by atoms with Crippen molar-refractivity contribution in [2.75, 3.05) is 40.6 Å². The summed E-state index contributed by atoms with van der Waals surface area (Å²) in [5, 5.41) is 14.3. The summed E-state index contributed by atoms with van der Waals surface area (Å²) >= 11 is 0. The molecule has 12 nitrogen and oxygen atoms in total. The molecule has 0 aliphatic heterocycles. The second-order valence-corrected chi connectivity index (χ2v) is 14.7. The Morgan fingerprint density at radius 1 is 0.639 bits per heavy atom. The number of esters is 1. The molecule has 0 unspecified atom stereocenters. The number of alkyl carbamates (subject to hydrolysis) is 1. The Hall–Kier alpha value is -6.66. The number of carboxylic acids is 1. The second kappa shape index (κ2) is 21.6. The molecule has 0 bridgehead atoms. The number of carbonyl (C=O) groups is 4. The first-order chi connectivity index (χ1) is 29.7. The molecule has 0 saturated carbocycles. The molecule has 1 atom stereocenters. The molecule has 0 heterocycles. The van der Waals surface area contributed by atoms with Gasteiger partial charge in [0.1, 0.15) is 36.4 Å². The average molecular weight is 829 g/mol. The van der Waals surface area contributed by atoms with Crippen LogP contribution >= 0.6 is 0 Å². The van der Waals surface area contributed by atoms with Crippen LogP contribution < -0.4 is 20.1 Å². The van der Waals surface area contributed by atoms with Gasteiger partial charge in [0.2, 0.25) is 5.91 Å². The Kier molecular flexibility index (Phi) is 15.5. The molecule has 318 valence electrons. The fraction of sp³-hybridized carbons (Fsp3) is 0.306. The third-order valence-corrected chi connectivity index (χ3v) is 10.8.